The van der Waals surface area contributed by atoms with Crippen LogP contribution in [0.5, 0.6) is 0 Å². The number of nitrogens with one attached hydrogen (secondary N) is 1. The summed E-state index contributed by atoms with van der Waals surface area (Å²) in [5.74, 6) is -0.495. The summed E-state index contributed by atoms with van der Waals surface area (Å²) in [5, 5.41) is 0.423. The number of para-hydroxylation sites is 1. The Morgan fingerprint density at radius 3 is 2.84 bits per heavy atom. The van der Waals surface area contributed by atoms with E-state index in [2.05, 4.69) is 25.8 Å². The van der Waals surface area contributed by atoms with E-state index in [0.29, 0.717) is 27.6 Å². The third-order valence-electron chi connectivity index (χ3n) is 4.56. The molecule has 0 radical (unpaired) electrons. The number of H-pyrrole nitrogens is 1. The average molecular weight is 402 g/mol. The lowest BCUT2D eigenvalue weighted by molar-refractivity contribution is 0.0982. The third kappa shape index (κ3) is 2.96. The molecule has 2 aromatic carbocycles. The Bertz CT molecular complexity index is 968. The van der Waals surface area contributed by atoms with E-state index < -0.39 is 0 Å². The smallest absolute Gasteiger partial charge is 0.274 e. The van der Waals surface area contributed by atoms with Gasteiger partial charge in [0.15, 0.2) is 0 Å². The van der Waals surface area contributed by atoms with Crippen LogP contribution >= 0.6 is 15.9 Å². The van der Waals surface area contributed by atoms with Crippen molar-refractivity contribution in [3.63, 3.8) is 0 Å². The summed E-state index contributed by atoms with van der Waals surface area (Å²) >= 11 is 3.28. The van der Waals surface area contributed by atoms with Crippen LogP contribution in [0.15, 0.2) is 46.9 Å². The van der Waals surface area contributed by atoms with Crippen molar-refractivity contribution in [3.05, 3.63) is 64.0 Å². The van der Waals surface area contributed by atoms with Gasteiger partial charge in [0.25, 0.3) is 5.91 Å². The Kier molecular flexibility index (Phi) is 4.09. The molecule has 0 atom stereocenters. The number of nitrogens with zero attached hydrogens (tertiary/aromatic N) is 2. The number of anilines is 1. The number of likely N-dealkylation sites (N-methyl/N-ethyl adjacent to an activating group) is 1. The fourth-order valence-electron chi connectivity index (χ4n) is 3.30. The molecule has 0 aliphatic carbocycles. The molecule has 4 rings (SSSR count). The van der Waals surface area contributed by atoms with Crippen molar-refractivity contribution in [2.24, 2.45) is 0 Å². The average Bonchev–Trinajstić information content (AvgIpc) is 2.92. The van der Waals surface area contributed by atoms with Gasteiger partial charge in [0, 0.05) is 35.2 Å². The molecule has 1 amide bonds. The van der Waals surface area contributed by atoms with Crippen molar-refractivity contribution in [2.75, 3.05) is 25.0 Å². The molecule has 0 saturated heterocycles. The van der Waals surface area contributed by atoms with Crippen LogP contribution in [0.4, 0.5) is 10.1 Å². The summed E-state index contributed by atoms with van der Waals surface area (Å²) in [4.78, 5) is 20.2. The highest BCUT2D eigenvalue weighted by Gasteiger charge is 2.25. The Hall–Kier alpha value is -2.18. The van der Waals surface area contributed by atoms with E-state index in [1.54, 1.807) is 17.0 Å². The predicted octanol–water partition coefficient (Wildman–Crippen LogP) is 4.16. The molecule has 0 saturated carbocycles. The summed E-state index contributed by atoms with van der Waals surface area (Å²) in [6, 6.07) is 12.7. The number of carbonyl (C=O) groups is 1. The highest BCUT2D eigenvalue weighted by atomic mass is 79.9. The molecule has 25 heavy (non-hydrogen) atoms. The van der Waals surface area contributed by atoms with Crippen LogP contribution in [-0.4, -0.2) is 35.9 Å². The number of rotatable bonds is 1. The summed E-state index contributed by atoms with van der Waals surface area (Å²) in [6.45, 7) is 2.17. The van der Waals surface area contributed by atoms with Gasteiger partial charge in [-0.25, -0.2) is 4.39 Å². The van der Waals surface area contributed by atoms with Crippen LogP contribution in [0.25, 0.3) is 10.9 Å². The molecule has 128 valence electrons. The normalized spacial score (nSPS) is 15.2. The number of hydrogen-bond acceptors (Lipinski definition) is 2. The molecule has 1 aliphatic heterocycles. The number of aromatic nitrogens is 1. The fraction of sp³-hybridized carbons (Fsp3) is 0.211. The number of hydrogen-bond donors (Lipinski definition) is 1. The van der Waals surface area contributed by atoms with Crippen LogP contribution in [0.2, 0.25) is 0 Å². The molecule has 3 aromatic rings. The monoisotopic (exact) mass is 401 g/mol. The van der Waals surface area contributed by atoms with E-state index in [4.69, 9.17) is 0 Å². The van der Waals surface area contributed by atoms with Crippen molar-refractivity contribution < 1.29 is 9.18 Å². The number of amides is 1. The van der Waals surface area contributed by atoms with Gasteiger partial charge in [-0.3, -0.25) is 4.79 Å². The van der Waals surface area contributed by atoms with Gasteiger partial charge in [-0.1, -0.05) is 34.1 Å². The molecule has 1 aromatic heterocycles. The highest BCUT2D eigenvalue weighted by Crippen LogP contribution is 2.28. The number of fused-ring (bicyclic) bond motifs is 2. The SMILES string of the molecule is CN1CCN(C(=O)c2cc3c(F)cc(Br)cc3[nH]2)c2ccccc2C1. The summed E-state index contributed by atoms with van der Waals surface area (Å²) in [6.07, 6.45) is 0. The maximum Gasteiger partial charge on any atom is 0.274 e. The van der Waals surface area contributed by atoms with Gasteiger partial charge in [0.1, 0.15) is 11.5 Å². The Labute approximate surface area is 153 Å². The molecule has 0 unspecified atom stereocenters. The van der Waals surface area contributed by atoms with Crippen LogP contribution in [0.3, 0.4) is 0 Å². The molecule has 0 fully saturated rings. The quantitative estimate of drug-likeness (QED) is 0.664. The lowest BCUT2D eigenvalue weighted by Crippen LogP contribution is -2.35. The highest BCUT2D eigenvalue weighted by molar-refractivity contribution is 9.10. The van der Waals surface area contributed by atoms with Crippen molar-refractivity contribution in [2.45, 2.75) is 6.54 Å². The lowest BCUT2D eigenvalue weighted by Gasteiger charge is -2.22. The van der Waals surface area contributed by atoms with Crippen molar-refractivity contribution in [1.29, 1.82) is 0 Å². The Morgan fingerprint density at radius 1 is 1.20 bits per heavy atom. The minimum Gasteiger partial charge on any atom is -0.350 e. The van der Waals surface area contributed by atoms with E-state index in [1.165, 1.54) is 6.07 Å². The molecular weight excluding hydrogens is 385 g/mol. The maximum absolute atomic E-state index is 14.1. The fourth-order valence-corrected chi connectivity index (χ4v) is 3.73. The molecule has 0 spiro atoms. The summed E-state index contributed by atoms with van der Waals surface area (Å²) in [5.41, 5.74) is 3.03. The first-order valence-corrected chi connectivity index (χ1v) is 8.88. The molecule has 4 nitrogen and oxygen atoms in total. The van der Waals surface area contributed by atoms with Crippen molar-refractivity contribution in [3.8, 4) is 0 Å². The molecule has 1 N–H and O–H groups in total. The van der Waals surface area contributed by atoms with Crippen LogP contribution in [0.1, 0.15) is 16.1 Å². The molecule has 6 heteroatoms. The molecular formula is C19H17BrFN3O. The standard InChI is InChI=1S/C19H17BrFN3O/c1-23-6-7-24(18-5-3-2-4-12(18)11-23)19(25)17-10-14-15(21)8-13(20)9-16(14)22-17/h2-5,8-10,22H,6-7,11H2,1H3. The number of carbonyl (C=O) groups excluding carboxylic acids is 1. The Morgan fingerprint density at radius 2 is 2.00 bits per heavy atom. The van der Waals surface area contributed by atoms with Crippen molar-refractivity contribution in [1.82, 2.24) is 9.88 Å². The van der Waals surface area contributed by atoms with E-state index >= 15 is 0 Å². The zero-order valence-corrected chi connectivity index (χ0v) is 15.3. The molecule has 2 heterocycles. The van der Waals surface area contributed by atoms with Gasteiger partial charge in [-0.15, -0.1) is 0 Å². The van der Waals surface area contributed by atoms with Crippen LogP contribution in [0, 0.1) is 5.82 Å². The second-order valence-electron chi connectivity index (χ2n) is 6.36. The summed E-state index contributed by atoms with van der Waals surface area (Å²) < 4.78 is 14.8. The van der Waals surface area contributed by atoms with Crippen molar-refractivity contribution >= 4 is 38.4 Å². The van der Waals surface area contributed by atoms with Gasteiger partial charge >= 0.3 is 0 Å². The number of halogens is 2. The van der Waals surface area contributed by atoms with E-state index in [0.717, 1.165) is 24.3 Å². The van der Waals surface area contributed by atoms with Gasteiger partial charge in [-0.2, -0.15) is 0 Å². The number of benzene rings is 2. The van der Waals surface area contributed by atoms with Gasteiger partial charge in [0.2, 0.25) is 0 Å². The van der Waals surface area contributed by atoms with E-state index in [9.17, 15) is 9.18 Å². The minimum atomic E-state index is -0.351. The Balaban J connectivity index is 1.77. The second kappa shape index (κ2) is 6.28. The van der Waals surface area contributed by atoms with Gasteiger partial charge in [-0.05, 0) is 36.9 Å². The number of aromatic amines is 1. The maximum atomic E-state index is 14.1. The van der Waals surface area contributed by atoms with Crippen LogP contribution < -0.4 is 4.90 Å². The predicted molar refractivity (Wildman–Crippen MR) is 100 cm³/mol. The lowest BCUT2D eigenvalue weighted by atomic mass is 10.1. The second-order valence-corrected chi connectivity index (χ2v) is 7.27. The summed E-state index contributed by atoms with van der Waals surface area (Å²) in [7, 11) is 2.04. The van der Waals surface area contributed by atoms with E-state index in [-0.39, 0.29) is 11.7 Å². The zero-order valence-electron chi connectivity index (χ0n) is 13.7. The van der Waals surface area contributed by atoms with E-state index in [1.807, 2.05) is 31.3 Å². The minimum absolute atomic E-state index is 0.144. The first-order valence-electron chi connectivity index (χ1n) is 8.09. The van der Waals surface area contributed by atoms with Gasteiger partial charge in [0.05, 0.1) is 5.52 Å². The molecule has 0 bridgehead atoms. The largest absolute Gasteiger partial charge is 0.350 e. The molecule has 1 aliphatic rings. The van der Waals surface area contributed by atoms with Gasteiger partial charge < -0.3 is 14.8 Å². The third-order valence-corrected chi connectivity index (χ3v) is 5.01. The topological polar surface area (TPSA) is 39.3 Å². The first-order chi connectivity index (χ1) is 12.0. The first kappa shape index (κ1) is 16.3. The van der Waals surface area contributed by atoms with Crippen LogP contribution in [-0.2, 0) is 6.54 Å². The zero-order chi connectivity index (χ0) is 17.6.